The Hall–Kier alpha value is -1.40. The molecule has 144 valence electrons. The van der Waals surface area contributed by atoms with Gasteiger partial charge in [-0.05, 0) is 71.0 Å². The minimum absolute atomic E-state index is 0.199. The van der Waals surface area contributed by atoms with Gasteiger partial charge in [-0.25, -0.2) is 13.1 Å². The molecule has 8 heteroatoms. The minimum atomic E-state index is -3.68. The molecular weight excluding hydrogens is 363 g/mol. The van der Waals surface area contributed by atoms with Gasteiger partial charge in [0, 0.05) is 5.54 Å². The second-order valence-corrected chi connectivity index (χ2v) is 11.0. The number of hydrogen-bond donors (Lipinski definition) is 1. The number of rotatable bonds is 4. The van der Waals surface area contributed by atoms with Crippen LogP contribution in [-0.2, 0) is 19.3 Å². The largest absolute Gasteiger partial charge is 0.494 e. The summed E-state index contributed by atoms with van der Waals surface area (Å²) in [5.74, 6) is 0. The first-order chi connectivity index (χ1) is 12.4. The van der Waals surface area contributed by atoms with Gasteiger partial charge < -0.3 is 9.31 Å². The number of nitrogens with one attached hydrogen (secondary N) is 1. The van der Waals surface area contributed by atoms with E-state index in [2.05, 4.69) is 10.8 Å². The summed E-state index contributed by atoms with van der Waals surface area (Å²) in [6, 6.07) is 9.08. The third kappa shape index (κ3) is 2.92. The van der Waals surface area contributed by atoms with Crippen LogP contribution in [0.15, 0.2) is 29.2 Å². The minimum Gasteiger partial charge on any atom is -0.399 e. The molecule has 6 nitrogen and oxygen atoms in total. The van der Waals surface area contributed by atoms with Crippen LogP contribution in [0.4, 0.5) is 0 Å². The van der Waals surface area contributed by atoms with Crippen LogP contribution in [0.25, 0.3) is 0 Å². The van der Waals surface area contributed by atoms with E-state index in [0.717, 1.165) is 12.8 Å². The van der Waals surface area contributed by atoms with Gasteiger partial charge in [-0.2, -0.15) is 5.26 Å². The molecule has 0 amide bonds. The summed E-state index contributed by atoms with van der Waals surface area (Å²) in [7, 11) is -4.29. The Labute approximate surface area is 161 Å². The highest BCUT2D eigenvalue weighted by Crippen LogP contribution is 2.61. The van der Waals surface area contributed by atoms with Gasteiger partial charge in [0.25, 0.3) is 0 Å². The highest BCUT2D eigenvalue weighted by molar-refractivity contribution is 7.89. The second kappa shape index (κ2) is 5.57. The Kier molecular flexibility index (Phi) is 3.91. The standard InChI is InChI=1S/C19H25BN2O4S/c1-16(2)17(3,4)26-20(25-16)14-6-5-7-15(10-14)27(23,24)22-19-9-8-18(11-19,12-19)13-21/h5-7,10,22H,8-9,11-12H2,1-4H3. The third-order valence-electron chi connectivity index (χ3n) is 6.72. The van der Waals surface area contributed by atoms with Crippen molar-refractivity contribution in [1.29, 1.82) is 5.26 Å². The number of sulfonamides is 1. The molecule has 1 aromatic rings. The lowest BCUT2D eigenvalue weighted by molar-refractivity contribution is 0.00578. The van der Waals surface area contributed by atoms with Crippen molar-refractivity contribution < 1.29 is 17.7 Å². The Bertz CT molecular complexity index is 913. The zero-order valence-electron chi connectivity index (χ0n) is 16.2. The van der Waals surface area contributed by atoms with Gasteiger partial charge in [0.15, 0.2) is 0 Å². The molecule has 0 atom stereocenters. The smallest absolute Gasteiger partial charge is 0.399 e. The number of nitriles is 1. The van der Waals surface area contributed by atoms with Crippen molar-refractivity contribution in [2.24, 2.45) is 5.41 Å². The fourth-order valence-electron chi connectivity index (χ4n) is 4.49. The third-order valence-corrected chi connectivity index (χ3v) is 8.29. The van der Waals surface area contributed by atoms with E-state index < -0.39 is 33.9 Å². The summed E-state index contributed by atoms with van der Waals surface area (Å²) in [6.45, 7) is 7.86. The van der Waals surface area contributed by atoms with Gasteiger partial charge in [0.1, 0.15) is 0 Å². The molecule has 0 aromatic heterocycles. The number of fused-ring (bicyclic) bond motifs is 1. The predicted octanol–water partition coefficient (Wildman–Crippen LogP) is 2.10. The average Bonchev–Trinajstić information content (AvgIpc) is 3.15. The van der Waals surface area contributed by atoms with E-state index in [1.807, 2.05) is 33.8 Å². The quantitative estimate of drug-likeness (QED) is 0.798. The van der Waals surface area contributed by atoms with E-state index in [9.17, 15) is 13.7 Å². The normalized spacial score (nSPS) is 33.5. The topological polar surface area (TPSA) is 88.4 Å². The maximum atomic E-state index is 13.0. The molecule has 0 radical (unpaired) electrons. The monoisotopic (exact) mass is 388 g/mol. The van der Waals surface area contributed by atoms with Crippen molar-refractivity contribution >= 4 is 22.6 Å². The summed E-state index contributed by atoms with van der Waals surface area (Å²) in [6.07, 6.45) is 2.69. The lowest BCUT2D eigenvalue weighted by Crippen LogP contribution is -2.55. The van der Waals surface area contributed by atoms with Gasteiger partial charge in [-0.3, -0.25) is 0 Å². The van der Waals surface area contributed by atoms with Crippen LogP contribution in [0.5, 0.6) is 0 Å². The Balaban J connectivity index is 1.56. The van der Waals surface area contributed by atoms with Crippen molar-refractivity contribution in [3.05, 3.63) is 24.3 Å². The molecular formula is C19H25BN2O4S. The van der Waals surface area contributed by atoms with Gasteiger partial charge >= 0.3 is 7.12 Å². The van der Waals surface area contributed by atoms with Crippen molar-refractivity contribution in [1.82, 2.24) is 4.72 Å². The van der Waals surface area contributed by atoms with Crippen LogP contribution in [0.2, 0.25) is 0 Å². The molecule has 27 heavy (non-hydrogen) atoms. The maximum absolute atomic E-state index is 13.0. The lowest BCUT2D eigenvalue weighted by Gasteiger charge is -2.43. The highest BCUT2D eigenvalue weighted by atomic mass is 32.2. The molecule has 5 rings (SSSR count). The van der Waals surface area contributed by atoms with E-state index in [-0.39, 0.29) is 10.3 Å². The highest BCUT2D eigenvalue weighted by Gasteiger charge is 2.62. The lowest BCUT2D eigenvalue weighted by atomic mass is 9.66. The Morgan fingerprint density at radius 2 is 1.74 bits per heavy atom. The van der Waals surface area contributed by atoms with Gasteiger partial charge in [-0.15, -0.1) is 0 Å². The fraction of sp³-hybridized carbons (Fsp3) is 0.632. The SMILES string of the molecule is CC1(C)OB(c2cccc(S(=O)(=O)NC34CCC(C#N)(C3)C4)c2)OC1(C)C. The van der Waals surface area contributed by atoms with E-state index in [1.165, 1.54) is 0 Å². The van der Waals surface area contributed by atoms with Crippen molar-refractivity contribution in [2.75, 3.05) is 0 Å². The first-order valence-electron chi connectivity index (χ1n) is 9.33. The molecule has 4 fully saturated rings. The molecule has 1 aromatic carbocycles. The van der Waals surface area contributed by atoms with Gasteiger partial charge in [0.05, 0.1) is 27.6 Å². The molecule has 2 bridgehead atoms. The average molecular weight is 388 g/mol. The van der Waals surface area contributed by atoms with Crippen molar-refractivity contribution in [2.45, 2.75) is 75.0 Å². The summed E-state index contributed by atoms with van der Waals surface area (Å²) in [5.41, 5.74) is -1.08. The number of nitrogens with zero attached hydrogens (tertiary/aromatic N) is 1. The van der Waals surface area contributed by atoms with E-state index in [1.54, 1.807) is 18.2 Å². The fourth-order valence-corrected chi connectivity index (χ4v) is 5.97. The summed E-state index contributed by atoms with van der Waals surface area (Å²) in [5, 5.41) is 9.28. The van der Waals surface area contributed by atoms with Crippen LogP contribution in [-0.4, -0.2) is 32.3 Å². The summed E-state index contributed by atoms with van der Waals surface area (Å²) < 4.78 is 40.8. The molecule has 0 spiro atoms. The van der Waals surface area contributed by atoms with E-state index >= 15 is 0 Å². The van der Waals surface area contributed by atoms with Crippen LogP contribution >= 0.6 is 0 Å². The number of hydrogen-bond acceptors (Lipinski definition) is 5. The molecule has 3 aliphatic carbocycles. The van der Waals surface area contributed by atoms with Crippen LogP contribution in [0.3, 0.4) is 0 Å². The molecule has 1 aliphatic heterocycles. The predicted molar refractivity (Wildman–Crippen MR) is 102 cm³/mol. The van der Waals surface area contributed by atoms with Crippen molar-refractivity contribution in [3.63, 3.8) is 0 Å². The molecule has 0 unspecified atom stereocenters. The second-order valence-electron chi connectivity index (χ2n) is 9.29. The number of benzene rings is 1. The maximum Gasteiger partial charge on any atom is 0.494 e. The van der Waals surface area contributed by atoms with E-state index in [4.69, 9.17) is 9.31 Å². The molecule has 1 saturated heterocycles. The summed E-state index contributed by atoms with van der Waals surface area (Å²) in [4.78, 5) is 0.199. The first-order valence-corrected chi connectivity index (χ1v) is 10.8. The Morgan fingerprint density at radius 3 is 2.30 bits per heavy atom. The van der Waals surface area contributed by atoms with Gasteiger partial charge in [-0.1, -0.05) is 12.1 Å². The first kappa shape index (κ1) is 18.9. The van der Waals surface area contributed by atoms with Crippen LogP contribution in [0.1, 0.15) is 53.4 Å². The van der Waals surface area contributed by atoms with Crippen molar-refractivity contribution in [3.8, 4) is 6.07 Å². The van der Waals surface area contributed by atoms with E-state index in [0.29, 0.717) is 18.3 Å². The van der Waals surface area contributed by atoms with Crippen LogP contribution in [0, 0.1) is 16.7 Å². The molecule has 1 heterocycles. The zero-order valence-corrected chi connectivity index (χ0v) is 17.0. The molecule has 1 N–H and O–H groups in total. The molecule has 4 aliphatic rings. The zero-order chi connectivity index (χ0) is 19.7. The molecule has 3 saturated carbocycles. The van der Waals surface area contributed by atoms with Gasteiger partial charge in [0.2, 0.25) is 10.0 Å². The summed E-state index contributed by atoms with van der Waals surface area (Å²) >= 11 is 0. The van der Waals surface area contributed by atoms with Crippen LogP contribution < -0.4 is 10.2 Å². The Morgan fingerprint density at radius 1 is 1.11 bits per heavy atom.